The van der Waals surface area contributed by atoms with Gasteiger partial charge in [0, 0.05) is 19.1 Å². The van der Waals surface area contributed by atoms with Crippen LogP contribution in [0.25, 0.3) is 0 Å². The van der Waals surface area contributed by atoms with Gasteiger partial charge in [0.25, 0.3) is 0 Å². The second-order valence-corrected chi connectivity index (χ2v) is 8.37. The van der Waals surface area contributed by atoms with Crippen LogP contribution in [0.5, 0.6) is 5.75 Å². The van der Waals surface area contributed by atoms with Gasteiger partial charge in [0.2, 0.25) is 15.9 Å². The summed E-state index contributed by atoms with van der Waals surface area (Å²) in [7, 11) is -2.18. The van der Waals surface area contributed by atoms with Crippen LogP contribution in [0.4, 0.5) is 13.2 Å². The number of rotatable bonds is 7. The number of amides is 1. The third-order valence-corrected chi connectivity index (χ3v) is 6.28. The lowest BCUT2D eigenvalue weighted by atomic mass is 10.1. The average molecular weight is 424 g/mol. The van der Waals surface area contributed by atoms with Crippen molar-refractivity contribution in [2.45, 2.75) is 43.0 Å². The highest BCUT2D eigenvalue weighted by molar-refractivity contribution is 7.89. The molecule has 1 N–H and O–H groups in total. The maximum atomic E-state index is 12.7. The number of hydrogen-bond donors (Lipinski definition) is 1. The van der Waals surface area contributed by atoms with Crippen molar-refractivity contribution < 1.29 is 35.9 Å². The first-order chi connectivity index (χ1) is 13.0. The second kappa shape index (κ2) is 9.10. The monoisotopic (exact) mass is 424 g/mol. The minimum absolute atomic E-state index is 0.143. The van der Waals surface area contributed by atoms with Crippen molar-refractivity contribution in [3.63, 3.8) is 0 Å². The minimum atomic E-state index is -4.50. The molecule has 1 fully saturated rings. The van der Waals surface area contributed by atoms with Crippen LogP contribution >= 0.6 is 0 Å². The molecule has 1 unspecified atom stereocenters. The second-order valence-electron chi connectivity index (χ2n) is 6.43. The third kappa shape index (κ3) is 6.08. The van der Waals surface area contributed by atoms with Crippen molar-refractivity contribution in [1.29, 1.82) is 0 Å². The van der Waals surface area contributed by atoms with E-state index in [-0.39, 0.29) is 24.0 Å². The number of nitrogens with one attached hydrogen (secondary N) is 1. The highest BCUT2D eigenvalue weighted by atomic mass is 32.2. The topological polar surface area (TPSA) is 84.9 Å². The maximum absolute atomic E-state index is 12.7. The Balaban J connectivity index is 1.87. The molecular weight excluding hydrogens is 401 g/mol. The first kappa shape index (κ1) is 22.4. The Labute approximate surface area is 161 Å². The van der Waals surface area contributed by atoms with Crippen molar-refractivity contribution in [2.75, 3.05) is 26.8 Å². The van der Waals surface area contributed by atoms with Gasteiger partial charge in [-0.3, -0.25) is 4.79 Å². The van der Waals surface area contributed by atoms with Crippen molar-refractivity contribution in [3.05, 3.63) is 24.3 Å². The highest BCUT2D eigenvalue weighted by Crippen LogP contribution is 2.23. The number of hydrogen-bond acceptors (Lipinski definition) is 5. The van der Waals surface area contributed by atoms with Crippen molar-refractivity contribution >= 4 is 15.9 Å². The number of methoxy groups -OCH3 is 1. The van der Waals surface area contributed by atoms with Crippen LogP contribution in [-0.4, -0.2) is 63.8 Å². The molecule has 0 radical (unpaired) electrons. The molecule has 158 valence electrons. The van der Waals surface area contributed by atoms with E-state index in [1.54, 1.807) is 12.1 Å². The Kier molecular flexibility index (Phi) is 7.29. The molecule has 1 amide bonds. The van der Waals surface area contributed by atoms with E-state index in [4.69, 9.17) is 4.74 Å². The van der Waals surface area contributed by atoms with E-state index < -0.39 is 34.8 Å². The van der Waals surface area contributed by atoms with Crippen LogP contribution in [0, 0.1) is 0 Å². The van der Waals surface area contributed by atoms with Gasteiger partial charge in [-0.1, -0.05) is 0 Å². The molecule has 0 aliphatic carbocycles. The van der Waals surface area contributed by atoms with Gasteiger partial charge in [0.15, 0.2) is 0 Å². The van der Waals surface area contributed by atoms with Crippen LogP contribution in [0.1, 0.15) is 19.8 Å². The van der Waals surface area contributed by atoms with Crippen LogP contribution < -0.4 is 10.1 Å². The highest BCUT2D eigenvalue weighted by Gasteiger charge is 2.32. The Bertz CT molecular complexity index is 760. The quantitative estimate of drug-likeness (QED) is 0.723. The molecule has 1 saturated heterocycles. The van der Waals surface area contributed by atoms with Crippen LogP contribution in [0.2, 0.25) is 0 Å². The van der Waals surface area contributed by atoms with Gasteiger partial charge in [-0.15, -0.1) is 0 Å². The van der Waals surface area contributed by atoms with E-state index >= 15 is 0 Å². The van der Waals surface area contributed by atoms with E-state index in [1.165, 1.54) is 30.5 Å². The maximum Gasteiger partial charge on any atom is 0.411 e. The molecule has 7 nitrogen and oxygen atoms in total. The van der Waals surface area contributed by atoms with Gasteiger partial charge in [-0.05, 0) is 44.0 Å². The summed E-state index contributed by atoms with van der Waals surface area (Å²) in [5, 5.41) is 2.61. The number of piperidine rings is 1. The van der Waals surface area contributed by atoms with Gasteiger partial charge < -0.3 is 14.8 Å². The number of halogens is 3. The van der Waals surface area contributed by atoms with E-state index in [0.29, 0.717) is 18.6 Å². The number of sulfonamides is 1. The Hall–Kier alpha value is -1.85. The zero-order valence-corrected chi connectivity index (χ0v) is 16.3. The SMILES string of the molecule is COc1ccc(S(=O)(=O)N2CCC(NC(=O)C(C)OCC(F)(F)F)CC2)cc1. The predicted octanol–water partition coefficient (Wildman–Crippen LogP) is 1.93. The summed E-state index contributed by atoms with van der Waals surface area (Å²) < 4.78 is 72.6. The molecular formula is C17H23F3N2O5S. The molecule has 1 aromatic carbocycles. The Morgan fingerprint density at radius 3 is 2.32 bits per heavy atom. The smallest absolute Gasteiger partial charge is 0.411 e. The number of benzene rings is 1. The summed E-state index contributed by atoms with van der Waals surface area (Å²) in [4.78, 5) is 12.1. The summed E-state index contributed by atoms with van der Waals surface area (Å²) in [5.74, 6) is -0.108. The van der Waals surface area contributed by atoms with Crippen molar-refractivity contribution in [2.24, 2.45) is 0 Å². The van der Waals surface area contributed by atoms with Gasteiger partial charge in [0.05, 0.1) is 12.0 Å². The van der Waals surface area contributed by atoms with E-state index in [2.05, 4.69) is 10.1 Å². The van der Waals surface area contributed by atoms with E-state index in [9.17, 15) is 26.4 Å². The third-order valence-electron chi connectivity index (χ3n) is 4.36. The Morgan fingerprint density at radius 1 is 1.25 bits per heavy atom. The van der Waals surface area contributed by atoms with Gasteiger partial charge in [0.1, 0.15) is 18.5 Å². The lowest BCUT2D eigenvalue weighted by Crippen LogP contribution is -2.49. The molecule has 1 aliphatic heterocycles. The molecule has 0 bridgehead atoms. The molecule has 1 aliphatic rings. The summed E-state index contributed by atoms with van der Waals surface area (Å²) >= 11 is 0. The minimum Gasteiger partial charge on any atom is -0.497 e. The van der Waals surface area contributed by atoms with E-state index in [0.717, 1.165) is 0 Å². The number of ether oxygens (including phenoxy) is 2. The number of carbonyl (C=O) groups excluding carboxylic acids is 1. The van der Waals surface area contributed by atoms with Gasteiger partial charge >= 0.3 is 6.18 Å². The first-order valence-electron chi connectivity index (χ1n) is 8.66. The molecule has 2 rings (SSSR count). The molecule has 0 aromatic heterocycles. The average Bonchev–Trinajstić information content (AvgIpc) is 2.66. The fourth-order valence-corrected chi connectivity index (χ4v) is 4.22. The van der Waals surface area contributed by atoms with Crippen LogP contribution in [0.3, 0.4) is 0 Å². The van der Waals surface area contributed by atoms with Gasteiger partial charge in [-0.25, -0.2) is 8.42 Å². The van der Waals surface area contributed by atoms with Crippen molar-refractivity contribution in [3.8, 4) is 5.75 Å². The van der Waals surface area contributed by atoms with E-state index in [1.807, 2.05) is 0 Å². The largest absolute Gasteiger partial charge is 0.497 e. The number of carbonyl (C=O) groups is 1. The molecule has 1 aromatic rings. The summed E-state index contributed by atoms with van der Waals surface area (Å²) in [6.07, 6.45) is -5.04. The summed E-state index contributed by atoms with van der Waals surface area (Å²) in [6.45, 7) is 0.124. The number of nitrogens with zero attached hydrogens (tertiary/aromatic N) is 1. The zero-order chi connectivity index (χ0) is 20.9. The molecule has 28 heavy (non-hydrogen) atoms. The van der Waals surface area contributed by atoms with Gasteiger partial charge in [-0.2, -0.15) is 17.5 Å². The predicted molar refractivity (Wildman–Crippen MR) is 94.4 cm³/mol. The fraction of sp³-hybridized carbons (Fsp3) is 0.588. The lowest BCUT2D eigenvalue weighted by molar-refractivity contribution is -0.185. The molecule has 11 heteroatoms. The standard InChI is InChI=1S/C17H23F3N2O5S/c1-12(27-11-17(18,19)20)16(23)21-13-7-9-22(10-8-13)28(24,25)15-5-3-14(26-2)4-6-15/h3-6,12-13H,7-11H2,1-2H3,(H,21,23). The van der Waals surface area contributed by atoms with Crippen LogP contribution in [-0.2, 0) is 19.6 Å². The summed E-state index contributed by atoms with van der Waals surface area (Å²) in [5.41, 5.74) is 0. The lowest BCUT2D eigenvalue weighted by Gasteiger charge is -2.32. The van der Waals surface area contributed by atoms with Crippen LogP contribution in [0.15, 0.2) is 29.2 Å². The zero-order valence-electron chi connectivity index (χ0n) is 15.5. The molecule has 1 atom stereocenters. The fourth-order valence-electron chi connectivity index (χ4n) is 2.75. The molecule has 0 spiro atoms. The Morgan fingerprint density at radius 2 is 1.82 bits per heavy atom. The number of alkyl halides is 3. The molecule has 0 saturated carbocycles. The van der Waals surface area contributed by atoms with Crippen molar-refractivity contribution in [1.82, 2.24) is 9.62 Å². The normalized spacial score (nSPS) is 17.9. The summed E-state index contributed by atoms with van der Waals surface area (Å²) in [6, 6.07) is 5.71. The molecule has 1 heterocycles. The first-order valence-corrected chi connectivity index (χ1v) is 10.1.